The Balaban J connectivity index is 2.63. The van der Waals surface area contributed by atoms with Crippen molar-refractivity contribution < 1.29 is 9.59 Å². The van der Waals surface area contributed by atoms with Crippen LogP contribution in [0, 0.1) is 5.41 Å². The smallest absolute Gasteiger partial charge is 0.243 e. The summed E-state index contributed by atoms with van der Waals surface area (Å²) in [5.41, 5.74) is 6.01. The van der Waals surface area contributed by atoms with Gasteiger partial charge in [0.1, 0.15) is 11.9 Å². The van der Waals surface area contributed by atoms with Crippen LogP contribution >= 0.6 is 11.8 Å². The van der Waals surface area contributed by atoms with Crippen LogP contribution in [0.2, 0.25) is 0 Å². The predicted octanol–water partition coefficient (Wildman–Crippen LogP) is 1.22. The lowest BCUT2D eigenvalue weighted by Crippen LogP contribution is -2.52. The fourth-order valence-electron chi connectivity index (χ4n) is 3.05. The van der Waals surface area contributed by atoms with Crippen molar-refractivity contribution in [3.8, 4) is 0 Å². The third-order valence-electron chi connectivity index (χ3n) is 4.37. The Hall–Kier alpha value is -1.80. The van der Waals surface area contributed by atoms with Gasteiger partial charge < -0.3 is 21.3 Å². The molecule has 1 aliphatic heterocycles. The number of hydrogen-bond acceptors (Lipinski definition) is 5. The van der Waals surface area contributed by atoms with Crippen molar-refractivity contribution in [3.05, 3.63) is 23.6 Å². The van der Waals surface area contributed by atoms with Gasteiger partial charge in [0.15, 0.2) is 0 Å². The van der Waals surface area contributed by atoms with E-state index in [0.717, 1.165) is 12.8 Å². The number of nitrogens with one attached hydrogen (secondary N) is 3. The topological polar surface area (TPSA) is 111 Å². The van der Waals surface area contributed by atoms with Crippen LogP contribution in [-0.2, 0) is 9.59 Å². The van der Waals surface area contributed by atoms with Crippen molar-refractivity contribution in [2.75, 3.05) is 19.3 Å². The summed E-state index contributed by atoms with van der Waals surface area (Å²) in [7, 11) is 1.73. The predicted molar refractivity (Wildman–Crippen MR) is 108 cm³/mol. The summed E-state index contributed by atoms with van der Waals surface area (Å²) in [6.07, 6.45) is 3.94. The molecule has 3 atom stereocenters. The molecule has 1 fully saturated rings. The number of carbonyl (C=O) groups excluding carboxylic acids is 2. The van der Waals surface area contributed by atoms with E-state index in [9.17, 15) is 9.59 Å². The third-order valence-corrected chi connectivity index (χ3v) is 5.48. The molecule has 0 saturated carbocycles. The first-order chi connectivity index (χ1) is 12.3. The molecule has 146 valence electrons. The molecule has 8 heteroatoms. The zero-order valence-corrected chi connectivity index (χ0v) is 16.7. The summed E-state index contributed by atoms with van der Waals surface area (Å²) in [6.45, 7) is 7.83. The molecule has 1 rings (SSSR count). The van der Waals surface area contributed by atoms with Crippen LogP contribution in [0.1, 0.15) is 33.1 Å². The molecule has 0 aromatic heterocycles. The summed E-state index contributed by atoms with van der Waals surface area (Å²) in [6, 6.07) is -0.335. The Labute approximate surface area is 160 Å². The van der Waals surface area contributed by atoms with Gasteiger partial charge in [-0.1, -0.05) is 19.6 Å². The number of thioether (sulfide) groups is 1. The van der Waals surface area contributed by atoms with E-state index in [4.69, 9.17) is 11.1 Å². The third kappa shape index (κ3) is 6.17. The Morgan fingerprint density at radius 3 is 2.69 bits per heavy atom. The van der Waals surface area contributed by atoms with Crippen molar-refractivity contribution in [1.29, 1.82) is 5.41 Å². The summed E-state index contributed by atoms with van der Waals surface area (Å²) in [5, 5.41) is 15.1. The van der Waals surface area contributed by atoms with Gasteiger partial charge in [0, 0.05) is 23.4 Å². The lowest BCUT2D eigenvalue weighted by molar-refractivity contribution is -0.139. The van der Waals surface area contributed by atoms with E-state index in [0.29, 0.717) is 17.7 Å². The van der Waals surface area contributed by atoms with Gasteiger partial charge in [-0.25, -0.2) is 0 Å². The second kappa shape index (κ2) is 11.0. The highest BCUT2D eigenvalue weighted by atomic mass is 32.2. The molecule has 1 aliphatic rings. The SMILES string of the molecule is C=C/C(=C\SC[C@@H](C)NC(=O)C1CCC(CC)N1C(=O)CNC)C(=N)N. The lowest BCUT2D eigenvalue weighted by atomic mass is 10.1. The molecular weight excluding hydrogens is 350 g/mol. The van der Waals surface area contributed by atoms with Crippen molar-refractivity contribution in [2.24, 2.45) is 5.73 Å². The minimum Gasteiger partial charge on any atom is -0.384 e. The van der Waals surface area contributed by atoms with Crippen molar-refractivity contribution in [3.63, 3.8) is 0 Å². The monoisotopic (exact) mass is 381 g/mol. The van der Waals surface area contributed by atoms with Crippen molar-refractivity contribution >= 4 is 29.4 Å². The van der Waals surface area contributed by atoms with Gasteiger partial charge in [-0.3, -0.25) is 15.0 Å². The molecule has 2 unspecified atom stereocenters. The van der Waals surface area contributed by atoms with Gasteiger partial charge in [0.05, 0.1) is 6.54 Å². The Morgan fingerprint density at radius 2 is 2.15 bits per heavy atom. The Kier molecular flexibility index (Phi) is 9.43. The second-order valence-corrected chi connectivity index (χ2v) is 7.32. The van der Waals surface area contributed by atoms with Crippen molar-refractivity contribution in [2.45, 2.75) is 51.2 Å². The van der Waals surface area contributed by atoms with Crippen LogP contribution in [0.5, 0.6) is 0 Å². The van der Waals surface area contributed by atoms with Gasteiger partial charge >= 0.3 is 0 Å². The zero-order valence-electron chi connectivity index (χ0n) is 15.9. The molecule has 7 nitrogen and oxygen atoms in total. The molecule has 0 bridgehead atoms. The van der Waals surface area contributed by atoms with Crippen LogP contribution in [0.3, 0.4) is 0 Å². The Morgan fingerprint density at radius 1 is 1.46 bits per heavy atom. The normalized spacial score (nSPS) is 21.3. The molecule has 26 heavy (non-hydrogen) atoms. The average Bonchev–Trinajstić information content (AvgIpc) is 3.02. The fraction of sp³-hybridized carbons (Fsp3) is 0.611. The largest absolute Gasteiger partial charge is 0.384 e. The highest BCUT2D eigenvalue weighted by Gasteiger charge is 2.39. The molecule has 0 aromatic rings. The molecule has 5 N–H and O–H groups in total. The maximum atomic E-state index is 12.7. The molecular formula is C18H31N5O2S. The molecule has 1 heterocycles. The number of amidine groups is 1. The first-order valence-electron chi connectivity index (χ1n) is 8.90. The Bertz CT molecular complexity index is 564. The summed E-state index contributed by atoms with van der Waals surface area (Å²) >= 11 is 1.47. The number of amides is 2. The van der Waals surface area contributed by atoms with E-state index in [-0.39, 0.29) is 36.3 Å². The summed E-state index contributed by atoms with van der Waals surface area (Å²) in [4.78, 5) is 26.8. The van der Waals surface area contributed by atoms with Gasteiger partial charge in [-0.2, -0.15) is 0 Å². The molecule has 0 aliphatic carbocycles. The summed E-state index contributed by atoms with van der Waals surface area (Å²) < 4.78 is 0. The van der Waals surface area contributed by atoms with Gasteiger partial charge in [-0.05, 0) is 38.6 Å². The van der Waals surface area contributed by atoms with E-state index < -0.39 is 6.04 Å². The number of nitrogens with zero attached hydrogens (tertiary/aromatic N) is 1. The molecule has 1 saturated heterocycles. The first-order valence-corrected chi connectivity index (χ1v) is 9.95. The number of nitrogens with two attached hydrogens (primary N) is 1. The molecule has 0 radical (unpaired) electrons. The van der Waals surface area contributed by atoms with E-state index in [2.05, 4.69) is 17.2 Å². The van der Waals surface area contributed by atoms with E-state index in [1.54, 1.807) is 17.4 Å². The first kappa shape index (κ1) is 22.2. The van der Waals surface area contributed by atoms with Gasteiger partial charge in [0.25, 0.3) is 0 Å². The zero-order chi connectivity index (χ0) is 19.7. The highest BCUT2D eigenvalue weighted by Crippen LogP contribution is 2.26. The number of likely N-dealkylation sites (tertiary alicyclic amines) is 1. The molecule has 0 spiro atoms. The fourth-order valence-corrected chi connectivity index (χ4v) is 3.92. The minimum atomic E-state index is -0.398. The minimum absolute atomic E-state index is 0.0283. The van der Waals surface area contributed by atoms with Crippen LogP contribution in [0.4, 0.5) is 0 Å². The number of rotatable bonds is 10. The lowest BCUT2D eigenvalue weighted by Gasteiger charge is -2.30. The molecule has 2 amide bonds. The number of carbonyl (C=O) groups is 2. The van der Waals surface area contributed by atoms with Gasteiger partial charge in [0.2, 0.25) is 11.8 Å². The van der Waals surface area contributed by atoms with E-state index in [1.165, 1.54) is 17.8 Å². The van der Waals surface area contributed by atoms with E-state index in [1.807, 2.05) is 13.8 Å². The van der Waals surface area contributed by atoms with Gasteiger partial charge in [-0.15, -0.1) is 11.8 Å². The van der Waals surface area contributed by atoms with Crippen molar-refractivity contribution in [1.82, 2.24) is 15.5 Å². The number of likely N-dealkylation sites (N-methyl/N-ethyl adjacent to an activating group) is 1. The second-order valence-electron chi connectivity index (χ2n) is 6.42. The average molecular weight is 382 g/mol. The maximum Gasteiger partial charge on any atom is 0.243 e. The number of hydrogen-bond donors (Lipinski definition) is 4. The summed E-state index contributed by atoms with van der Waals surface area (Å²) in [5.74, 6) is 0.488. The van der Waals surface area contributed by atoms with Crippen LogP contribution in [0.25, 0.3) is 0 Å². The molecule has 0 aromatic carbocycles. The standard InChI is InChI=1S/C18H31N5O2S/c1-5-13(17(19)20)11-26-10-12(3)22-18(25)15-8-7-14(6-2)23(15)16(24)9-21-4/h5,11-12,14-15,21H,1,6-10H2,2-4H3,(H3,19,20)(H,22,25)/b13-11+/t12-,14?,15?/m1/s1. The van der Waals surface area contributed by atoms with E-state index >= 15 is 0 Å². The maximum absolute atomic E-state index is 12.7. The van der Waals surface area contributed by atoms with Crippen LogP contribution in [0.15, 0.2) is 23.6 Å². The highest BCUT2D eigenvalue weighted by molar-refractivity contribution is 8.02. The van der Waals surface area contributed by atoms with Crippen LogP contribution in [-0.4, -0.2) is 60.0 Å². The van der Waals surface area contributed by atoms with Crippen LogP contribution < -0.4 is 16.4 Å². The quantitative estimate of drug-likeness (QED) is 0.258.